The lowest BCUT2D eigenvalue weighted by atomic mass is 10.1. The molecule has 14 heavy (non-hydrogen) atoms. The molecule has 0 aromatic carbocycles. The highest BCUT2D eigenvalue weighted by Gasteiger charge is 2.20. The number of nitrogens with one attached hydrogen (secondary N) is 1. The van der Waals surface area contributed by atoms with Gasteiger partial charge in [0, 0.05) is 19.8 Å². The van der Waals surface area contributed by atoms with Gasteiger partial charge in [0.25, 0.3) is 0 Å². The standard InChI is InChI=1S/C9H20N2O2.ClH/c1-4-13-7-5-6-11-8(12)9(2,3)10;/h4-7,10H2,1-3H3,(H,11,12);1H. The lowest BCUT2D eigenvalue weighted by Crippen LogP contribution is -2.49. The molecule has 4 nitrogen and oxygen atoms in total. The molecule has 0 spiro atoms. The van der Waals surface area contributed by atoms with Crippen molar-refractivity contribution in [3.8, 4) is 0 Å². The maximum atomic E-state index is 11.2. The minimum atomic E-state index is -0.786. The molecule has 0 aliphatic rings. The second-order valence-corrected chi connectivity index (χ2v) is 3.53. The first kappa shape index (κ1) is 16.1. The molecule has 86 valence electrons. The monoisotopic (exact) mass is 224 g/mol. The summed E-state index contributed by atoms with van der Waals surface area (Å²) in [6.07, 6.45) is 0.829. The number of hydrogen-bond donors (Lipinski definition) is 2. The Morgan fingerprint density at radius 2 is 2.07 bits per heavy atom. The summed E-state index contributed by atoms with van der Waals surface area (Å²) in [6.45, 7) is 7.34. The number of carbonyl (C=O) groups is 1. The largest absolute Gasteiger partial charge is 0.382 e. The summed E-state index contributed by atoms with van der Waals surface area (Å²) in [7, 11) is 0. The van der Waals surface area contributed by atoms with Gasteiger partial charge < -0.3 is 15.8 Å². The smallest absolute Gasteiger partial charge is 0.239 e. The van der Waals surface area contributed by atoms with E-state index in [1.165, 1.54) is 0 Å². The summed E-state index contributed by atoms with van der Waals surface area (Å²) in [5.74, 6) is -0.121. The Bertz CT molecular complexity index is 157. The Morgan fingerprint density at radius 3 is 2.50 bits per heavy atom. The van der Waals surface area contributed by atoms with Gasteiger partial charge >= 0.3 is 0 Å². The Hall–Kier alpha value is -0.320. The molecule has 0 aliphatic heterocycles. The number of carbonyl (C=O) groups excluding carboxylic acids is 1. The van der Waals surface area contributed by atoms with E-state index in [-0.39, 0.29) is 18.3 Å². The molecule has 0 atom stereocenters. The van der Waals surface area contributed by atoms with Crippen molar-refractivity contribution in [1.29, 1.82) is 0 Å². The van der Waals surface area contributed by atoms with Gasteiger partial charge in [0.15, 0.2) is 0 Å². The molecule has 0 saturated heterocycles. The van der Waals surface area contributed by atoms with Gasteiger partial charge in [0.05, 0.1) is 5.54 Å². The first-order valence-corrected chi connectivity index (χ1v) is 4.63. The quantitative estimate of drug-likeness (QED) is 0.653. The number of rotatable bonds is 6. The first-order valence-electron chi connectivity index (χ1n) is 4.63. The van der Waals surface area contributed by atoms with Crippen LogP contribution in [0.1, 0.15) is 27.2 Å². The Labute approximate surface area is 92.0 Å². The van der Waals surface area contributed by atoms with Crippen molar-refractivity contribution < 1.29 is 9.53 Å². The second-order valence-electron chi connectivity index (χ2n) is 3.53. The zero-order valence-electron chi connectivity index (χ0n) is 9.13. The van der Waals surface area contributed by atoms with Crippen LogP contribution in [0.3, 0.4) is 0 Å². The molecular formula is C9H21ClN2O2. The summed E-state index contributed by atoms with van der Waals surface area (Å²) in [6, 6.07) is 0. The van der Waals surface area contributed by atoms with E-state index in [4.69, 9.17) is 10.5 Å². The van der Waals surface area contributed by atoms with Crippen LogP contribution in [0, 0.1) is 0 Å². The minimum absolute atomic E-state index is 0. The van der Waals surface area contributed by atoms with Crippen molar-refractivity contribution in [1.82, 2.24) is 5.32 Å². The Kier molecular flexibility index (Phi) is 9.24. The van der Waals surface area contributed by atoms with Crippen LogP contribution in [0.15, 0.2) is 0 Å². The van der Waals surface area contributed by atoms with Crippen molar-refractivity contribution in [3.63, 3.8) is 0 Å². The zero-order chi connectivity index (χ0) is 10.3. The number of halogens is 1. The van der Waals surface area contributed by atoms with E-state index in [2.05, 4.69) is 5.32 Å². The van der Waals surface area contributed by atoms with Crippen molar-refractivity contribution in [2.45, 2.75) is 32.7 Å². The fourth-order valence-electron chi connectivity index (χ4n) is 0.748. The average Bonchev–Trinajstić information content (AvgIpc) is 2.02. The summed E-state index contributed by atoms with van der Waals surface area (Å²) in [5.41, 5.74) is 4.79. The van der Waals surface area contributed by atoms with Crippen molar-refractivity contribution in [3.05, 3.63) is 0 Å². The van der Waals surface area contributed by atoms with Crippen LogP contribution in [0.2, 0.25) is 0 Å². The van der Waals surface area contributed by atoms with Gasteiger partial charge in [0.1, 0.15) is 0 Å². The van der Waals surface area contributed by atoms with Crippen LogP contribution in [-0.4, -0.2) is 31.2 Å². The lowest BCUT2D eigenvalue weighted by Gasteiger charge is -2.17. The van der Waals surface area contributed by atoms with Gasteiger partial charge in [-0.3, -0.25) is 4.79 Å². The molecule has 0 unspecified atom stereocenters. The van der Waals surface area contributed by atoms with E-state index >= 15 is 0 Å². The second kappa shape index (κ2) is 8.03. The van der Waals surface area contributed by atoms with Gasteiger partial charge in [-0.2, -0.15) is 0 Å². The van der Waals surface area contributed by atoms with Gasteiger partial charge in [-0.25, -0.2) is 0 Å². The van der Waals surface area contributed by atoms with Gasteiger partial charge in [-0.15, -0.1) is 12.4 Å². The van der Waals surface area contributed by atoms with E-state index in [9.17, 15) is 4.79 Å². The predicted octanol–water partition coefficient (Wildman–Crippen LogP) is 0.688. The van der Waals surface area contributed by atoms with E-state index < -0.39 is 5.54 Å². The summed E-state index contributed by atoms with van der Waals surface area (Å²) >= 11 is 0. The maximum Gasteiger partial charge on any atom is 0.239 e. The van der Waals surface area contributed by atoms with Gasteiger partial charge in [-0.1, -0.05) is 0 Å². The van der Waals surface area contributed by atoms with E-state index in [1.54, 1.807) is 13.8 Å². The Morgan fingerprint density at radius 1 is 1.50 bits per heavy atom. The highest BCUT2D eigenvalue weighted by molar-refractivity contribution is 5.85. The number of hydrogen-bond acceptors (Lipinski definition) is 3. The van der Waals surface area contributed by atoms with Crippen molar-refractivity contribution >= 4 is 18.3 Å². The topological polar surface area (TPSA) is 64.3 Å². The van der Waals surface area contributed by atoms with Crippen LogP contribution in [-0.2, 0) is 9.53 Å². The molecule has 0 aromatic heterocycles. The maximum absolute atomic E-state index is 11.2. The summed E-state index contributed by atoms with van der Waals surface area (Å²) < 4.78 is 5.12. The van der Waals surface area contributed by atoms with Crippen LogP contribution in [0.5, 0.6) is 0 Å². The molecule has 3 N–H and O–H groups in total. The van der Waals surface area contributed by atoms with Crippen molar-refractivity contribution in [2.24, 2.45) is 5.73 Å². The third-order valence-electron chi connectivity index (χ3n) is 1.54. The molecule has 0 bridgehead atoms. The predicted molar refractivity (Wildman–Crippen MR) is 59.6 cm³/mol. The molecule has 0 heterocycles. The normalized spacial score (nSPS) is 10.6. The number of ether oxygens (including phenoxy) is 1. The average molecular weight is 225 g/mol. The van der Waals surface area contributed by atoms with E-state index in [1.807, 2.05) is 6.92 Å². The summed E-state index contributed by atoms with van der Waals surface area (Å²) in [5, 5.41) is 2.74. The molecule has 0 rings (SSSR count). The van der Waals surface area contributed by atoms with E-state index in [0.717, 1.165) is 13.0 Å². The Balaban J connectivity index is 0. The zero-order valence-corrected chi connectivity index (χ0v) is 9.95. The third-order valence-corrected chi connectivity index (χ3v) is 1.54. The highest BCUT2D eigenvalue weighted by atomic mass is 35.5. The highest BCUT2D eigenvalue weighted by Crippen LogP contribution is 1.95. The molecule has 0 radical (unpaired) electrons. The molecule has 1 amide bonds. The SMILES string of the molecule is CCOCCCNC(=O)C(C)(C)N.Cl. The molecule has 0 saturated carbocycles. The van der Waals surface area contributed by atoms with Gasteiger partial charge in [0.2, 0.25) is 5.91 Å². The van der Waals surface area contributed by atoms with Crippen LogP contribution < -0.4 is 11.1 Å². The number of amides is 1. The summed E-state index contributed by atoms with van der Waals surface area (Å²) in [4.78, 5) is 11.2. The van der Waals surface area contributed by atoms with Crippen molar-refractivity contribution in [2.75, 3.05) is 19.8 Å². The van der Waals surface area contributed by atoms with E-state index in [0.29, 0.717) is 13.2 Å². The fourth-order valence-corrected chi connectivity index (χ4v) is 0.748. The molecule has 0 aromatic rings. The number of nitrogens with two attached hydrogens (primary N) is 1. The molecule has 0 aliphatic carbocycles. The minimum Gasteiger partial charge on any atom is -0.382 e. The molecule has 0 fully saturated rings. The lowest BCUT2D eigenvalue weighted by molar-refractivity contribution is -0.125. The van der Waals surface area contributed by atoms with Crippen LogP contribution in [0.25, 0.3) is 0 Å². The first-order chi connectivity index (χ1) is 5.98. The third kappa shape index (κ3) is 8.29. The fraction of sp³-hybridized carbons (Fsp3) is 0.889. The molecule has 5 heteroatoms. The molecular weight excluding hydrogens is 204 g/mol. The van der Waals surface area contributed by atoms with Crippen LogP contribution in [0.4, 0.5) is 0 Å². The van der Waals surface area contributed by atoms with Gasteiger partial charge in [-0.05, 0) is 27.2 Å². The van der Waals surface area contributed by atoms with Crippen LogP contribution >= 0.6 is 12.4 Å².